The molecular weight excluding hydrogens is 262 g/mol. The molecule has 1 aliphatic rings. The average Bonchev–Trinajstić information content (AvgIpc) is 2.48. The molecule has 2 aromatic rings. The van der Waals surface area contributed by atoms with E-state index < -0.39 is 0 Å². The molecule has 1 amide bonds. The number of benzene rings is 1. The molecule has 1 aromatic carbocycles. The maximum atomic E-state index is 11.2. The third-order valence-electron chi connectivity index (χ3n) is 4.40. The Morgan fingerprint density at radius 2 is 1.95 bits per heavy atom. The topological polar surface area (TPSA) is 68.0 Å². The Labute approximate surface area is 124 Å². The van der Waals surface area contributed by atoms with Gasteiger partial charge < -0.3 is 11.1 Å². The maximum absolute atomic E-state index is 11.2. The molecule has 0 bridgehead atoms. The molecule has 1 fully saturated rings. The summed E-state index contributed by atoms with van der Waals surface area (Å²) >= 11 is 0. The summed E-state index contributed by atoms with van der Waals surface area (Å²) in [5.41, 5.74) is 7.63. The Kier molecular flexibility index (Phi) is 3.78. The van der Waals surface area contributed by atoms with E-state index in [1.807, 2.05) is 18.2 Å². The summed E-state index contributed by atoms with van der Waals surface area (Å²) in [7, 11) is 0. The Morgan fingerprint density at radius 3 is 2.67 bits per heavy atom. The van der Waals surface area contributed by atoms with Gasteiger partial charge in [0.1, 0.15) is 5.82 Å². The van der Waals surface area contributed by atoms with E-state index >= 15 is 0 Å². The van der Waals surface area contributed by atoms with Gasteiger partial charge in [-0.1, -0.05) is 18.2 Å². The first-order chi connectivity index (χ1) is 10.1. The number of carbonyl (C=O) groups excluding carboxylic acids is 1. The molecule has 110 valence electrons. The predicted octanol–water partition coefficient (Wildman–Crippen LogP) is 3.00. The summed E-state index contributed by atoms with van der Waals surface area (Å²) < 4.78 is 0. The highest BCUT2D eigenvalue weighted by molar-refractivity contribution is 5.83. The Hall–Kier alpha value is -2.10. The number of nitrogens with zero attached hydrogens (tertiary/aromatic N) is 1. The number of fused-ring (bicyclic) bond motifs is 1. The van der Waals surface area contributed by atoms with Crippen LogP contribution < -0.4 is 11.1 Å². The van der Waals surface area contributed by atoms with Crippen LogP contribution in [-0.2, 0) is 4.79 Å². The first kappa shape index (κ1) is 13.9. The van der Waals surface area contributed by atoms with Crippen molar-refractivity contribution in [1.82, 2.24) is 4.98 Å². The first-order valence-electron chi connectivity index (χ1n) is 7.56. The average molecular weight is 283 g/mol. The lowest BCUT2D eigenvalue weighted by molar-refractivity contribution is -0.122. The number of aryl methyl sites for hydroxylation is 1. The van der Waals surface area contributed by atoms with E-state index in [1.165, 1.54) is 10.9 Å². The summed E-state index contributed by atoms with van der Waals surface area (Å²) in [5, 5.41) is 4.70. The molecule has 1 heterocycles. The van der Waals surface area contributed by atoms with E-state index in [1.54, 1.807) is 0 Å². The molecule has 0 radical (unpaired) electrons. The monoisotopic (exact) mass is 283 g/mol. The number of pyridine rings is 1. The zero-order chi connectivity index (χ0) is 14.8. The highest BCUT2D eigenvalue weighted by atomic mass is 16.1. The van der Waals surface area contributed by atoms with Crippen LogP contribution in [0.3, 0.4) is 0 Å². The van der Waals surface area contributed by atoms with Crippen molar-refractivity contribution in [3.63, 3.8) is 0 Å². The number of hydrogen-bond donors (Lipinski definition) is 2. The van der Waals surface area contributed by atoms with Crippen LogP contribution >= 0.6 is 0 Å². The van der Waals surface area contributed by atoms with Gasteiger partial charge in [-0.2, -0.15) is 0 Å². The number of nitrogens with two attached hydrogens (primary N) is 1. The number of para-hydroxylation sites is 1. The number of anilines is 1. The van der Waals surface area contributed by atoms with Gasteiger partial charge in [0, 0.05) is 17.3 Å². The molecule has 4 heteroatoms. The van der Waals surface area contributed by atoms with E-state index in [-0.39, 0.29) is 11.8 Å². The van der Waals surface area contributed by atoms with E-state index in [0.717, 1.165) is 37.0 Å². The van der Waals surface area contributed by atoms with Gasteiger partial charge in [-0.05, 0) is 50.3 Å². The molecule has 3 rings (SSSR count). The van der Waals surface area contributed by atoms with Crippen LogP contribution in [0, 0.1) is 12.8 Å². The van der Waals surface area contributed by atoms with E-state index in [4.69, 9.17) is 5.73 Å². The molecule has 1 saturated carbocycles. The minimum atomic E-state index is -0.159. The lowest BCUT2D eigenvalue weighted by atomic mass is 9.85. The highest BCUT2D eigenvalue weighted by Gasteiger charge is 2.24. The van der Waals surface area contributed by atoms with Crippen LogP contribution in [0.4, 0.5) is 5.82 Å². The van der Waals surface area contributed by atoms with Crippen molar-refractivity contribution < 1.29 is 4.79 Å². The van der Waals surface area contributed by atoms with Crippen molar-refractivity contribution in [2.45, 2.75) is 38.6 Å². The molecule has 3 N–H and O–H groups in total. The normalized spacial score (nSPS) is 22.1. The Morgan fingerprint density at radius 1 is 1.24 bits per heavy atom. The summed E-state index contributed by atoms with van der Waals surface area (Å²) in [5.74, 6) is 0.816. The molecule has 21 heavy (non-hydrogen) atoms. The number of rotatable bonds is 3. The molecule has 4 nitrogen and oxygen atoms in total. The molecule has 0 unspecified atom stereocenters. The predicted molar refractivity (Wildman–Crippen MR) is 85.0 cm³/mol. The van der Waals surface area contributed by atoms with Crippen molar-refractivity contribution in [3.8, 4) is 0 Å². The fraction of sp³-hybridized carbons (Fsp3) is 0.412. The van der Waals surface area contributed by atoms with Gasteiger partial charge in [0.05, 0.1) is 5.52 Å². The van der Waals surface area contributed by atoms with Gasteiger partial charge in [-0.3, -0.25) is 4.79 Å². The fourth-order valence-electron chi connectivity index (χ4n) is 3.15. The maximum Gasteiger partial charge on any atom is 0.220 e. The SMILES string of the molecule is Cc1cc(N[C@H]2CC[C@@H](C(N)=O)CC2)nc2ccccc12. The number of amides is 1. The van der Waals surface area contributed by atoms with Crippen LogP contribution in [0.2, 0.25) is 0 Å². The Balaban J connectivity index is 1.73. The number of primary amides is 1. The summed E-state index contributed by atoms with van der Waals surface area (Å²) in [6, 6.07) is 10.7. The molecule has 0 aliphatic heterocycles. The Bertz CT molecular complexity index is 660. The van der Waals surface area contributed by atoms with Gasteiger partial charge >= 0.3 is 0 Å². The van der Waals surface area contributed by atoms with Crippen LogP contribution in [0.1, 0.15) is 31.2 Å². The molecule has 1 aliphatic carbocycles. The largest absolute Gasteiger partial charge is 0.369 e. The second kappa shape index (κ2) is 5.72. The standard InChI is InChI=1S/C17H21N3O/c1-11-10-16(20-15-5-3-2-4-14(11)15)19-13-8-6-12(7-9-13)17(18)21/h2-5,10,12-13H,6-9H2,1H3,(H2,18,21)(H,19,20)/t12-,13+. The van der Waals surface area contributed by atoms with Crippen molar-refractivity contribution in [3.05, 3.63) is 35.9 Å². The minimum absolute atomic E-state index is 0.0503. The number of aromatic nitrogens is 1. The molecule has 0 spiro atoms. The van der Waals surface area contributed by atoms with E-state index in [0.29, 0.717) is 6.04 Å². The number of hydrogen-bond acceptors (Lipinski definition) is 3. The summed E-state index contributed by atoms with van der Waals surface area (Å²) in [6.45, 7) is 2.11. The lowest BCUT2D eigenvalue weighted by Gasteiger charge is -2.27. The number of nitrogens with one attached hydrogen (secondary N) is 1. The molecule has 0 atom stereocenters. The zero-order valence-electron chi connectivity index (χ0n) is 12.3. The van der Waals surface area contributed by atoms with Crippen LogP contribution in [0.15, 0.2) is 30.3 Å². The second-order valence-corrected chi connectivity index (χ2v) is 5.94. The first-order valence-corrected chi connectivity index (χ1v) is 7.56. The third kappa shape index (κ3) is 2.99. The van der Waals surface area contributed by atoms with Crippen LogP contribution in [0.25, 0.3) is 10.9 Å². The lowest BCUT2D eigenvalue weighted by Crippen LogP contribution is -2.32. The quantitative estimate of drug-likeness (QED) is 0.910. The fourth-order valence-corrected chi connectivity index (χ4v) is 3.15. The van der Waals surface area contributed by atoms with Crippen molar-refractivity contribution >= 4 is 22.6 Å². The van der Waals surface area contributed by atoms with E-state index in [9.17, 15) is 4.79 Å². The van der Waals surface area contributed by atoms with Crippen molar-refractivity contribution in [1.29, 1.82) is 0 Å². The van der Waals surface area contributed by atoms with Crippen LogP contribution in [0.5, 0.6) is 0 Å². The molecule has 0 saturated heterocycles. The van der Waals surface area contributed by atoms with E-state index in [2.05, 4.69) is 29.4 Å². The molecule has 1 aromatic heterocycles. The highest BCUT2D eigenvalue weighted by Crippen LogP contribution is 2.27. The van der Waals surface area contributed by atoms with Crippen LogP contribution in [-0.4, -0.2) is 16.9 Å². The zero-order valence-corrected chi connectivity index (χ0v) is 12.3. The third-order valence-corrected chi connectivity index (χ3v) is 4.40. The van der Waals surface area contributed by atoms with Gasteiger partial charge in [-0.25, -0.2) is 4.98 Å². The van der Waals surface area contributed by atoms with Gasteiger partial charge in [0.25, 0.3) is 0 Å². The second-order valence-electron chi connectivity index (χ2n) is 5.94. The number of carbonyl (C=O) groups is 1. The molecular formula is C17H21N3O. The van der Waals surface area contributed by atoms with Gasteiger partial charge in [0.15, 0.2) is 0 Å². The minimum Gasteiger partial charge on any atom is -0.369 e. The van der Waals surface area contributed by atoms with Crippen molar-refractivity contribution in [2.24, 2.45) is 11.7 Å². The van der Waals surface area contributed by atoms with Crippen molar-refractivity contribution in [2.75, 3.05) is 5.32 Å². The smallest absolute Gasteiger partial charge is 0.220 e. The van der Waals surface area contributed by atoms with Gasteiger partial charge in [0.2, 0.25) is 5.91 Å². The summed E-state index contributed by atoms with van der Waals surface area (Å²) in [4.78, 5) is 15.9. The van der Waals surface area contributed by atoms with Gasteiger partial charge in [-0.15, -0.1) is 0 Å². The summed E-state index contributed by atoms with van der Waals surface area (Å²) in [6.07, 6.45) is 3.70.